The molecule has 0 aromatic heterocycles. The highest BCUT2D eigenvalue weighted by Gasteiger charge is 2.63. The van der Waals surface area contributed by atoms with E-state index in [2.05, 4.69) is 13.8 Å². The minimum Gasteiger partial charge on any atom is -0.389 e. The number of hydrogen-bond acceptors (Lipinski definition) is 3. The van der Waals surface area contributed by atoms with Crippen LogP contribution in [0.1, 0.15) is 72.6 Å². The molecular weight excluding hydrogens is 312 g/mol. The van der Waals surface area contributed by atoms with Gasteiger partial charge >= 0.3 is 0 Å². The Bertz CT molecular complexity index is 660. The highest BCUT2D eigenvalue weighted by atomic mass is 16.3. The van der Waals surface area contributed by atoms with Crippen LogP contribution >= 0.6 is 0 Å². The van der Waals surface area contributed by atoms with Crippen LogP contribution in [-0.4, -0.2) is 22.3 Å². The predicted octanol–water partition coefficient (Wildman–Crippen LogP) is 4.08. The summed E-state index contributed by atoms with van der Waals surface area (Å²) in [6.07, 6.45) is 8.46. The van der Waals surface area contributed by atoms with E-state index in [1.165, 1.54) is 5.57 Å². The summed E-state index contributed by atoms with van der Waals surface area (Å²) in [6, 6.07) is 0. The molecule has 7 atom stereocenters. The molecule has 1 N–H and O–H groups in total. The lowest BCUT2D eigenvalue weighted by Crippen LogP contribution is -2.60. The summed E-state index contributed by atoms with van der Waals surface area (Å²) in [5.41, 5.74) is 0.0734. The molecule has 138 valence electrons. The number of rotatable bonds is 1. The normalized spacial score (nSPS) is 52.0. The Morgan fingerprint density at radius 2 is 1.84 bits per heavy atom. The van der Waals surface area contributed by atoms with Crippen molar-refractivity contribution in [2.24, 2.45) is 34.5 Å². The van der Waals surface area contributed by atoms with Crippen molar-refractivity contribution < 1.29 is 14.7 Å². The monoisotopic (exact) mass is 344 g/mol. The molecule has 4 aliphatic carbocycles. The van der Waals surface area contributed by atoms with Gasteiger partial charge in [0.15, 0.2) is 5.78 Å². The van der Waals surface area contributed by atoms with Crippen molar-refractivity contribution in [1.82, 2.24) is 0 Å². The van der Waals surface area contributed by atoms with Crippen molar-refractivity contribution in [3.8, 4) is 0 Å². The summed E-state index contributed by atoms with van der Waals surface area (Å²) >= 11 is 0. The lowest BCUT2D eigenvalue weighted by atomic mass is 9.44. The summed E-state index contributed by atoms with van der Waals surface area (Å²) in [4.78, 5) is 24.3. The van der Waals surface area contributed by atoms with Gasteiger partial charge in [-0.05, 0) is 81.6 Å². The number of aliphatic hydroxyl groups is 1. The van der Waals surface area contributed by atoms with Gasteiger partial charge in [0.1, 0.15) is 5.78 Å². The van der Waals surface area contributed by atoms with E-state index >= 15 is 0 Å². The largest absolute Gasteiger partial charge is 0.389 e. The van der Waals surface area contributed by atoms with Gasteiger partial charge in [-0.15, -0.1) is 0 Å². The molecule has 1 unspecified atom stereocenters. The minimum atomic E-state index is -0.955. The SMILES string of the molecule is CC(=O)[C@H]1CC[C@H]2[C@@H]3CCC4=CC(=O)CC(C)(O)[C@]4(C)[C@H]3CC[C@]12C. The van der Waals surface area contributed by atoms with E-state index in [9.17, 15) is 14.7 Å². The van der Waals surface area contributed by atoms with E-state index in [1.807, 2.05) is 13.0 Å². The molecule has 0 aromatic carbocycles. The van der Waals surface area contributed by atoms with Crippen LogP contribution in [0, 0.1) is 34.5 Å². The number of ketones is 2. The number of carbonyl (C=O) groups excluding carboxylic acids is 2. The van der Waals surface area contributed by atoms with Crippen LogP contribution in [0.5, 0.6) is 0 Å². The Hall–Kier alpha value is -0.960. The van der Waals surface area contributed by atoms with Crippen LogP contribution in [0.25, 0.3) is 0 Å². The average Bonchev–Trinajstić information content (AvgIpc) is 2.85. The number of hydrogen-bond donors (Lipinski definition) is 1. The maximum absolute atomic E-state index is 12.2. The van der Waals surface area contributed by atoms with Crippen LogP contribution in [0.15, 0.2) is 11.6 Å². The van der Waals surface area contributed by atoms with Crippen molar-refractivity contribution in [1.29, 1.82) is 0 Å². The van der Waals surface area contributed by atoms with Crippen molar-refractivity contribution in [3.63, 3.8) is 0 Å². The summed E-state index contributed by atoms with van der Waals surface area (Å²) in [6.45, 7) is 8.21. The van der Waals surface area contributed by atoms with Crippen molar-refractivity contribution in [3.05, 3.63) is 11.6 Å². The fraction of sp³-hybridized carbons (Fsp3) is 0.818. The van der Waals surface area contributed by atoms with Gasteiger partial charge in [0.2, 0.25) is 0 Å². The maximum Gasteiger partial charge on any atom is 0.158 e. The molecule has 0 aliphatic heterocycles. The molecule has 0 amide bonds. The molecule has 0 saturated heterocycles. The third kappa shape index (κ3) is 2.14. The van der Waals surface area contributed by atoms with Crippen molar-refractivity contribution in [2.45, 2.75) is 78.2 Å². The van der Waals surface area contributed by atoms with Crippen LogP contribution in [0.4, 0.5) is 0 Å². The zero-order valence-corrected chi connectivity index (χ0v) is 16.1. The summed E-state index contributed by atoms with van der Waals surface area (Å²) in [7, 11) is 0. The molecule has 0 radical (unpaired) electrons. The number of carbonyl (C=O) groups is 2. The Morgan fingerprint density at radius 3 is 2.52 bits per heavy atom. The predicted molar refractivity (Wildman–Crippen MR) is 96.9 cm³/mol. The fourth-order valence-electron chi connectivity index (χ4n) is 7.63. The average molecular weight is 344 g/mol. The molecule has 0 spiro atoms. The van der Waals surface area contributed by atoms with E-state index in [4.69, 9.17) is 0 Å². The molecule has 4 aliphatic rings. The Morgan fingerprint density at radius 1 is 1.12 bits per heavy atom. The smallest absolute Gasteiger partial charge is 0.158 e. The second-order valence-corrected chi connectivity index (χ2v) is 9.99. The van der Waals surface area contributed by atoms with Gasteiger partial charge in [0.25, 0.3) is 0 Å². The second kappa shape index (κ2) is 5.28. The molecule has 3 fully saturated rings. The standard InChI is InChI=1S/C22H32O3/c1-13(23)17-7-8-18-16-6-5-14-11-15(24)12-21(3,25)22(14,4)19(16)9-10-20(17,18)2/h11,16-19,25H,5-10,12H2,1-4H3/t16-,17+,18-,19-,20+,21?,22-/m0/s1. The molecular formula is C22H32O3. The van der Waals surface area contributed by atoms with Crippen LogP contribution in [0.3, 0.4) is 0 Å². The highest BCUT2D eigenvalue weighted by molar-refractivity contribution is 5.93. The van der Waals surface area contributed by atoms with E-state index in [0.29, 0.717) is 23.5 Å². The van der Waals surface area contributed by atoms with Gasteiger partial charge in [-0.25, -0.2) is 0 Å². The first kappa shape index (κ1) is 17.5. The molecule has 0 aromatic rings. The molecule has 3 nitrogen and oxygen atoms in total. The minimum absolute atomic E-state index is 0.0779. The van der Waals surface area contributed by atoms with Crippen molar-refractivity contribution >= 4 is 11.6 Å². The molecule has 0 heterocycles. The van der Waals surface area contributed by atoms with Gasteiger partial charge in [-0.2, -0.15) is 0 Å². The van der Waals surface area contributed by atoms with E-state index in [-0.39, 0.29) is 29.0 Å². The molecule has 3 saturated carbocycles. The molecule has 4 rings (SSSR count). The van der Waals surface area contributed by atoms with Crippen LogP contribution in [-0.2, 0) is 9.59 Å². The van der Waals surface area contributed by atoms with E-state index < -0.39 is 5.60 Å². The van der Waals surface area contributed by atoms with Crippen LogP contribution < -0.4 is 0 Å². The maximum atomic E-state index is 12.2. The van der Waals surface area contributed by atoms with Crippen molar-refractivity contribution in [2.75, 3.05) is 0 Å². The first-order valence-corrected chi connectivity index (χ1v) is 10.1. The Labute approximate surface area is 151 Å². The third-order valence-corrected chi connectivity index (χ3v) is 9.06. The Kier molecular flexibility index (Phi) is 3.69. The van der Waals surface area contributed by atoms with Gasteiger partial charge in [-0.3, -0.25) is 9.59 Å². The molecule has 0 bridgehead atoms. The van der Waals surface area contributed by atoms with E-state index in [0.717, 1.165) is 38.5 Å². The van der Waals surface area contributed by atoms with Gasteiger partial charge in [0.05, 0.1) is 5.60 Å². The number of Topliss-reactive ketones (excluding diaryl/α,β-unsaturated/α-hetero) is 1. The van der Waals surface area contributed by atoms with Gasteiger partial charge in [-0.1, -0.05) is 19.4 Å². The lowest BCUT2D eigenvalue weighted by Gasteiger charge is -2.61. The third-order valence-electron chi connectivity index (χ3n) is 9.06. The Balaban J connectivity index is 1.73. The summed E-state index contributed by atoms with van der Waals surface area (Å²) in [5, 5.41) is 11.3. The van der Waals surface area contributed by atoms with Gasteiger partial charge in [0, 0.05) is 17.8 Å². The zero-order chi connectivity index (χ0) is 18.2. The second-order valence-electron chi connectivity index (χ2n) is 9.99. The quantitative estimate of drug-likeness (QED) is 0.779. The first-order valence-electron chi connectivity index (χ1n) is 10.1. The summed E-state index contributed by atoms with van der Waals surface area (Å²) in [5.74, 6) is 2.25. The molecule has 3 heteroatoms. The highest BCUT2D eigenvalue weighted by Crippen LogP contribution is 2.68. The lowest BCUT2D eigenvalue weighted by molar-refractivity contribution is -0.154. The van der Waals surface area contributed by atoms with Gasteiger partial charge < -0.3 is 5.11 Å². The summed E-state index contributed by atoms with van der Waals surface area (Å²) < 4.78 is 0. The van der Waals surface area contributed by atoms with E-state index in [1.54, 1.807) is 6.92 Å². The number of fused-ring (bicyclic) bond motifs is 5. The first-order chi connectivity index (χ1) is 11.6. The fourth-order valence-corrected chi connectivity index (χ4v) is 7.63. The zero-order valence-electron chi connectivity index (χ0n) is 16.1. The topological polar surface area (TPSA) is 54.4 Å². The van der Waals surface area contributed by atoms with Crippen LogP contribution in [0.2, 0.25) is 0 Å². The molecule has 25 heavy (non-hydrogen) atoms.